The summed E-state index contributed by atoms with van der Waals surface area (Å²) in [5.74, 6) is 0.688. The first-order chi connectivity index (χ1) is 11.2. The molecule has 23 heavy (non-hydrogen) atoms. The van der Waals surface area contributed by atoms with Crippen molar-refractivity contribution in [1.82, 2.24) is 20.0 Å². The lowest BCUT2D eigenvalue weighted by molar-refractivity contribution is 0.0948. The number of nitrogens with one attached hydrogen (secondary N) is 1. The molecule has 0 unspecified atom stereocenters. The number of carbonyl (C=O) groups excluding carboxylic acids is 1. The topological polar surface area (TPSA) is 50.2 Å². The number of aromatic nitrogens is 2. The molecule has 2 aromatic rings. The maximum atomic E-state index is 12.3. The molecule has 1 aromatic carbocycles. The Bertz CT molecular complexity index is 638. The first kappa shape index (κ1) is 15.7. The van der Waals surface area contributed by atoms with Crippen molar-refractivity contribution in [3.63, 3.8) is 0 Å². The molecule has 2 heterocycles. The van der Waals surface area contributed by atoms with Gasteiger partial charge in [0, 0.05) is 31.0 Å². The molecule has 0 aliphatic carbocycles. The fourth-order valence-electron chi connectivity index (χ4n) is 3.21. The summed E-state index contributed by atoms with van der Waals surface area (Å²) in [6, 6.07) is 9.42. The van der Waals surface area contributed by atoms with Crippen molar-refractivity contribution in [2.24, 2.45) is 5.92 Å². The third kappa shape index (κ3) is 4.20. The van der Waals surface area contributed by atoms with Crippen LogP contribution in [-0.4, -0.2) is 47.3 Å². The predicted octanol–water partition coefficient (Wildman–Crippen LogP) is 2.33. The van der Waals surface area contributed by atoms with Crippen LogP contribution in [-0.2, 0) is 0 Å². The molecule has 1 aliphatic rings. The van der Waals surface area contributed by atoms with Crippen LogP contribution in [0.3, 0.4) is 0 Å². The van der Waals surface area contributed by atoms with Crippen LogP contribution >= 0.6 is 0 Å². The van der Waals surface area contributed by atoms with Gasteiger partial charge in [-0.15, -0.1) is 0 Å². The number of rotatable bonds is 5. The van der Waals surface area contributed by atoms with Crippen molar-refractivity contribution in [3.8, 4) is 5.69 Å². The summed E-state index contributed by atoms with van der Waals surface area (Å²) in [5, 5.41) is 7.24. The van der Waals surface area contributed by atoms with Gasteiger partial charge in [0.25, 0.3) is 5.91 Å². The fourth-order valence-corrected chi connectivity index (χ4v) is 3.21. The third-order valence-corrected chi connectivity index (χ3v) is 4.44. The van der Waals surface area contributed by atoms with Crippen LogP contribution in [0.2, 0.25) is 0 Å². The van der Waals surface area contributed by atoms with E-state index in [0.717, 1.165) is 25.2 Å². The van der Waals surface area contributed by atoms with E-state index in [-0.39, 0.29) is 5.91 Å². The van der Waals surface area contributed by atoms with E-state index in [1.165, 1.54) is 19.4 Å². The molecule has 0 spiro atoms. The maximum Gasteiger partial charge on any atom is 0.251 e. The second kappa shape index (κ2) is 7.42. The standard InChI is InChI=1S/C18H24N4O/c1-21-11-3-5-15(14-21)8-10-19-18(23)16-6-2-7-17(13-16)22-12-4-9-20-22/h2,4,6-7,9,12-13,15H,3,5,8,10-11,14H2,1H3,(H,19,23)/t15-/m0/s1. The molecule has 1 fully saturated rings. The Hall–Kier alpha value is -2.14. The number of piperidine rings is 1. The fraction of sp³-hybridized carbons (Fsp3) is 0.444. The minimum absolute atomic E-state index is 0.0110. The van der Waals surface area contributed by atoms with Crippen LogP contribution in [0.1, 0.15) is 29.6 Å². The minimum Gasteiger partial charge on any atom is -0.352 e. The van der Waals surface area contributed by atoms with Crippen LogP contribution in [0.25, 0.3) is 5.69 Å². The molecular formula is C18H24N4O. The van der Waals surface area contributed by atoms with Crippen LogP contribution in [0.5, 0.6) is 0 Å². The molecule has 5 heteroatoms. The largest absolute Gasteiger partial charge is 0.352 e. The van der Waals surface area contributed by atoms with E-state index in [1.54, 1.807) is 10.9 Å². The molecule has 1 N–H and O–H groups in total. The lowest BCUT2D eigenvalue weighted by Crippen LogP contribution is -2.34. The summed E-state index contributed by atoms with van der Waals surface area (Å²) in [6.45, 7) is 3.08. The SMILES string of the molecule is CN1CCC[C@@H](CCNC(=O)c2cccc(-n3cccn3)c2)C1. The molecule has 1 aliphatic heterocycles. The van der Waals surface area contributed by atoms with E-state index < -0.39 is 0 Å². The van der Waals surface area contributed by atoms with E-state index in [0.29, 0.717) is 11.5 Å². The minimum atomic E-state index is -0.0110. The first-order valence-electron chi connectivity index (χ1n) is 8.29. The number of likely N-dealkylation sites (tertiary alicyclic amines) is 1. The van der Waals surface area contributed by atoms with E-state index in [4.69, 9.17) is 0 Å². The molecule has 1 atom stereocenters. The lowest BCUT2D eigenvalue weighted by Gasteiger charge is -2.29. The average molecular weight is 312 g/mol. The summed E-state index contributed by atoms with van der Waals surface area (Å²) in [7, 11) is 2.17. The molecule has 1 saturated heterocycles. The molecule has 122 valence electrons. The average Bonchev–Trinajstić information content (AvgIpc) is 3.09. The quantitative estimate of drug-likeness (QED) is 0.922. The number of hydrogen-bond donors (Lipinski definition) is 1. The van der Waals surface area contributed by atoms with Gasteiger partial charge in [-0.3, -0.25) is 4.79 Å². The third-order valence-electron chi connectivity index (χ3n) is 4.44. The Labute approximate surface area is 137 Å². The molecule has 1 amide bonds. The zero-order valence-electron chi connectivity index (χ0n) is 13.6. The van der Waals surface area contributed by atoms with Crippen molar-refractivity contribution in [2.45, 2.75) is 19.3 Å². The van der Waals surface area contributed by atoms with Crippen molar-refractivity contribution in [1.29, 1.82) is 0 Å². The molecule has 1 aromatic heterocycles. The Balaban J connectivity index is 1.53. The molecule has 0 bridgehead atoms. The molecule has 0 radical (unpaired) electrons. The van der Waals surface area contributed by atoms with Crippen LogP contribution in [0.15, 0.2) is 42.7 Å². The van der Waals surface area contributed by atoms with Crippen LogP contribution in [0, 0.1) is 5.92 Å². The van der Waals surface area contributed by atoms with Gasteiger partial charge in [-0.1, -0.05) is 6.07 Å². The Morgan fingerprint density at radius 2 is 2.30 bits per heavy atom. The van der Waals surface area contributed by atoms with E-state index in [1.807, 2.05) is 36.5 Å². The van der Waals surface area contributed by atoms with Gasteiger partial charge in [-0.25, -0.2) is 4.68 Å². The van der Waals surface area contributed by atoms with Crippen molar-refractivity contribution in [2.75, 3.05) is 26.7 Å². The van der Waals surface area contributed by atoms with Gasteiger partial charge in [0.15, 0.2) is 0 Å². The number of nitrogens with zero attached hydrogens (tertiary/aromatic N) is 3. The van der Waals surface area contributed by atoms with Gasteiger partial charge in [-0.05, 0) is 63.0 Å². The molecule has 5 nitrogen and oxygen atoms in total. The van der Waals surface area contributed by atoms with E-state index in [2.05, 4.69) is 22.4 Å². The Morgan fingerprint density at radius 1 is 1.39 bits per heavy atom. The van der Waals surface area contributed by atoms with Gasteiger partial charge in [-0.2, -0.15) is 5.10 Å². The van der Waals surface area contributed by atoms with Gasteiger partial charge in [0.05, 0.1) is 5.69 Å². The van der Waals surface area contributed by atoms with Crippen LogP contribution < -0.4 is 5.32 Å². The van der Waals surface area contributed by atoms with E-state index in [9.17, 15) is 4.79 Å². The molecule has 3 rings (SSSR count). The summed E-state index contributed by atoms with van der Waals surface area (Å²) in [6.07, 6.45) is 7.19. The first-order valence-corrected chi connectivity index (χ1v) is 8.29. The summed E-state index contributed by atoms with van der Waals surface area (Å²) in [5.41, 5.74) is 1.58. The van der Waals surface area contributed by atoms with Gasteiger partial charge in [0.1, 0.15) is 0 Å². The summed E-state index contributed by atoms with van der Waals surface area (Å²) in [4.78, 5) is 14.7. The van der Waals surface area contributed by atoms with E-state index >= 15 is 0 Å². The van der Waals surface area contributed by atoms with Crippen LogP contribution in [0.4, 0.5) is 0 Å². The van der Waals surface area contributed by atoms with Crippen molar-refractivity contribution >= 4 is 5.91 Å². The zero-order valence-corrected chi connectivity index (χ0v) is 13.6. The number of benzene rings is 1. The monoisotopic (exact) mass is 312 g/mol. The van der Waals surface area contributed by atoms with Gasteiger partial charge in [0.2, 0.25) is 0 Å². The highest BCUT2D eigenvalue weighted by atomic mass is 16.1. The highest BCUT2D eigenvalue weighted by Gasteiger charge is 2.17. The molecular weight excluding hydrogens is 288 g/mol. The highest BCUT2D eigenvalue weighted by molar-refractivity contribution is 5.94. The maximum absolute atomic E-state index is 12.3. The number of carbonyl (C=O) groups is 1. The zero-order chi connectivity index (χ0) is 16.1. The second-order valence-electron chi connectivity index (χ2n) is 6.32. The summed E-state index contributed by atoms with van der Waals surface area (Å²) >= 11 is 0. The Kier molecular flexibility index (Phi) is 5.08. The van der Waals surface area contributed by atoms with Gasteiger partial charge < -0.3 is 10.2 Å². The smallest absolute Gasteiger partial charge is 0.251 e. The highest BCUT2D eigenvalue weighted by Crippen LogP contribution is 2.17. The van der Waals surface area contributed by atoms with Crippen molar-refractivity contribution in [3.05, 3.63) is 48.3 Å². The van der Waals surface area contributed by atoms with Gasteiger partial charge >= 0.3 is 0 Å². The lowest BCUT2D eigenvalue weighted by atomic mass is 9.95. The normalized spacial score (nSPS) is 18.7. The Morgan fingerprint density at radius 3 is 3.09 bits per heavy atom. The second-order valence-corrected chi connectivity index (χ2v) is 6.32. The molecule has 0 saturated carbocycles. The predicted molar refractivity (Wildman–Crippen MR) is 90.7 cm³/mol. The van der Waals surface area contributed by atoms with Crippen molar-refractivity contribution < 1.29 is 4.79 Å². The summed E-state index contributed by atoms with van der Waals surface area (Å²) < 4.78 is 1.76. The number of amides is 1. The number of hydrogen-bond acceptors (Lipinski definition) is 3.